The standard InChI is InChI=1S/C11H21NO5S2/c13-9-8(12(1-3-18)2-4-19)11(14)17-7-5-15-6-16-10(7)9/h7-11,13-14,18-19H,1-6H2. The van der Waals surface area contributed by atoms with Crippen molar-refractivity contribution in [2.24, 2.45) is 0 Å². The van der Waals surface area contributed by atoms with Crippen molar-refractivity contribution in [3.05, 3.63) is 0 Å². The second-order valence-corrected chi connectivity index (χ2v) is 5.54. The maximum atomic E-state index is 10.4. The van der Waals surface area contributed by atoms with Gasteiger partial charge in [0.25, 0.3) is 0 Å². The molecule has 112 valence electrons. The summed E-state index contributed by atoms with van der Waals surface area (Å²) in [7, 11) is 0. The molecule has 5 unspecified atom stereocenters. The van der Waals surface area contributed by atoms with E-state index < -0.39 is 30.6 Å². The lowest BCUT2D eigenvalue weighted by Gasteiger charge is -2.48. The first-order valence-corrected chi connectivity index (χ1v) is 7.62. The molecule has 2 saturated heterocycles. The SMILES string of the molecule is OC1OC2COCOC2C(O)C1N(CCS)CCS. The van der Waals surface area contributed by atoms with Crippen molar-refractivity contribution in [2.45, 2.75) is 30.6 Å². The lowest BCUT2D eigenvalue weighted by atomic mass is 9.95. The minimum Gasteiger partial charge on any atom is -0.388 e. The van der Waals surface area contributed by atoms with Crippen LogP contribution in [0.5, 0.6) is 0 Å². The molecule has 0 amide bonds. The number of ether oxygens (including phenoxy) is 3. The van der Waals surface area contributed by atoms with Crippen LogP contribution in [-0.4, -0.2) is 83.8 Å². The van der Waals surface area contributed by atoms with E-state index in [4.69, 9.17) is 14.2 Å². The van der Waals surface area contributed by atoms with Gasteiger partial charge in [-0.1, -0.05) is 0 Å². The fourth-order valence-corrected chi connectivity index (χ4v) is 3.13. The van der Waals surface area contributed by atoms with Gasteiger partial charge in [0.1, 0.15) is 25.1 Å². The van der Waals surface area contributed by atoms with Crippen LogP contribution in [0.3, 0.4) is 0 Å². The van der Waals surface area contributed by atoms with E-state index >= 15 is 0 Å². The second-order valence-electron chi connectivity index (χ2n) is 4.65. The third kappa shape index (κ3) is 3.56. The lowest BCUT2D eigenvalue weighted by molar-refractivity contribution is -0.319. The van der Waals surface area contributed by atoms with E-state index in [-0.39, 0.29) is 6.79 Å². The largest absolute Gasteiger partial charge is 0.388 e. The monoisotopic (exact) mass is 311 g/mol. The fraction of sp³-hybridized carbons (Fsp3) is 1.00. The molecule has 2 rings (SSSR count). The predicted octanol–water partition coefficient (Wildman–Crippen LogP) is -1.03. The molecule has 2 heterocycles. The van der Waals surface area contributed by atoms with E-state index in [2.05, 4.69) is 25.3 Å². The highest BCUT2D eigenvalue weighted by Gasteiger charge is 2.48. The zero-order valence-corrected chi connectivity index (χ0v) is 12.4. The molecule has 0 aromatic heterocycles. The van der Waals surface area contributed by atoms with Crippen LogP contribution >= 0.6 is 25.3 Å². The lowest BCUT2D eigenvalue weighted by Crippen LogP contribution is -2.66. The molecule has 2 fully saturated rings. The number of aliphatic hydroxyl groups excluding tert-OH is 2. The highest BCUT2D eigenvalue weighted by atomic mass is 32.1. The van der Waals surface area contributed by atoms with Gasteiger partial charge in [0.2, 0.25) is 0 Å². The van der Waals surface area contributed by atoms with Gasteiger partial charge in [0, 0.05) is 24.6 Å². The molecule has 0 saturated carbocycles. The third-order valence-electron chi connectivity index (χ3n) is 3.48. The Balaban J connectivity index is 2.09. The molecule has 0 aliphatic carbocycles. The molecule has 19 heavy (non-hydrogen) atoms. The minimum absolute atomic E-state index is 0.142. The van der Waals surface area contributed by atoms with Gasteiger partial charge in [-0.05, 0) is 0 Å². The fourth-order valence-electron chi connectivity index (χ4n) is 2.61. The smallest absolute Gasteiger partial charge is 0.173 e. The summed E-state index contributed by atoms with van der Waals surface area (Å²) in [6.07, 6.45) is -2.79. The van der Waals surface area contributed by atoms with Crippen LogP contribution in [0, 0.1) is 0 Å². The van der Waals surface area contributed by atoms with Crippen molar-refractivity contribution in [1.82, 2.24) is 4.90 Å². The Morgan fingerprint density at radius 3 is 2.47 bits per heavy atom. The van der Waals surface area contributed by atoms with Crippen molar-refractivity contribution in [3.8, 4) is 0 Å². The topological polar surface area (TPSA) is 71.4 Å². The number of hydrogen-bond acceptors (Lipinski definition) is 8. The van der Waals surface area contributed by atoms with Crippen LogP contribution in [0.1, 0.15) is 0 Å². The summed E-state index contributed by atoms with van der Waals surface area (Å²) in [4.78, 5) is 1.93. The molecule has 2 aliphatic rings. The Labute approximate surface area is 123 Å². The highest BCUT2D eigenvalue weighted by molar-refractivity contribution is 7.80. The van der Waals surface area contributed by atoms with E-state index in [1.807, 2.05) is 4.90 Å². The summed E-state index contributed by atoms with van der Waals surface area (Å²) in [6.45, 7) is 1.74. The van der Waals surface area contributed by atoms with Gasteiger partial charge in [-0.2, -0.15) is 25.3 Å². The first kappa shape index (κ1) is 15.8. The third-order valence-corrected chi connectivity index (χ3v) is 3.88. The summed E-state index contributed by atoms with van der Waals surface area (Å²) < 4.78 is 16.0. The maximum Gasteiger partial charge on any atom is 0.173 e. The Kier molecular flexibility index (Phi) is 6.22. The van der Waals surface area contributed by atoms with Crippen molar-refractivity contribution in [3.63, 3.8) is 0 Å². The van der Waals surface area contributed by atoms with Gasteiger partial charge >= 0.3 is 0 Å². The predicted molar refractivity (Wildman–Crippen MR) is 75.6 cm³/mol. The van der Waals surface area contributed by atoms with E-state index in [1.165, 1.54) is 0 Å². The van der Waals surface area contributed by atoms with Crippen LogP contribution in [-0.2, 0) is 14.2 Å². The van der Waals surface area contributed by atoms with E-state index in [0.29, 0.717) is 31.2 Å². The van der Waals surface area contributed by atoms with Crippen LogP contribution in [0.15, 0.2) is 0 Å². The van der Waals surface area contributed by atoms with Gasteiger partial charge in [0.15, 0.2) is 6.29 Å². The first-order valence-electron chi connectivity index (χ1n) is 6.35. The molecule has 8 heteroatoms. The maximum absolute atomic E-state index is 10.4. The van der Waals surface area contributed by atoms with Crippen LogP contribution in [0.25, 0.3) is 0 Å². The van der Waals surface area contributed by atoms with Crippen molar-refractivity contribution in [2.75, 3.05) is 38.0 Å². The number of rotatable bonds is 5. The van der Waals surface area contributed by atoms with Crippen molar-refractivity contribution >= 4 is 25.3 Å². The number of aliphatic hydroxyl groups is 2. The number of hydrogen-bond donors (Lipinski definition) is 4. The summed E-state index contributed by atoms with van der Waals surface area (Å²) in [6, 6.07) is -0.529. The molecule has 0 aromatic rings. The van der Waals surface area contributed by atoms with E-state index in [9.17, 15) is 10.2 Å². The molecule has 0 spiro atoms. The Morgan fingerprint density at radius 1 is 1.16 bits per heavy atom. The minimum atomic E-state index is -1.07. The van der Waals surface area contributed by atoms with Gasteiger partial charge in [-0.3, -0.25) is 4.90 Å². The van der Waals surface area contributed by atoms with E-state index in [1.54, 1.807) is 0 Å². The highest BCUT2D eigenvalue weighted by Crippen LogP contribution is 2.28. The van der Waals surface area contributed by atoms with Crippen LogP contribution in [0.4, 0.5) is 0 Å². The molecule has 2 aliphatic heterocycles. The van der Waals surface area contributed by atoms with Gasteiger partial charge in [-0.25, -0.2) is 0 Å². The number of fused-ring (bicyclic) bond motifs is 1. The second kappa shape index (κ2) is 7.46. The average Bonchev–Trinajstić information content (AvgIpc) is 2.39. The summed E-state index contributed by atoms with van der Waals surface area (Å²) in [5.41, 5.74) is 0. The number of nitrogens with zero attached hydrogens (tertiary/aromatic N) is 1. The Hall–Kier alpha value is 0.460. The molecular formula is C11H21NO5S2. The Morgan fingerprint density at radius 2 is 1.84 bits per heavy atom. The van der Waals surface area contributed by atoms with Crippen molar-refractivity contribution < 1.29 is 24.4 Å². The molecule has 0 bridgehead atoms. The van der Waals surface area contributed by atoms with E-state index in [0.717, 1.165) is 0 Å². The molecular weight excluding hydrogens is 290 g/mol. The zero-order valence-electron chi connectivity index (χ0n) is 10.6. The molecule has 0 radical (unpaired) electrons. The molecule has 2 N–H and O–H groups in total. The molecule has 5 atom stereocenters. The molecule has 0 aromatic carbocycles. The summed E-state index contributed by atoms with van der Waals surface area (Å²) in [5, 5.41) is 20.6. The Bertz CT molecular complexity index is 280. The quantitative estimate of drug-likeness (QED) is 0.487. The first-order chi connectivity index (χ1) is 9.19. The molecule has 6 nitrogen and oxygen atoms in total. The van der Waals surface area contributed by atoms with Gasteiger partial charge < -0.3 is 24.4 Å². The normalized spacial score (nSPS) is 39.3. The van der Waals surface area contributed by atoms with Crippen LogP contribution < -0.4 is 0 Å². The average molecular weight is 311 g/mol. The zero-order chi connectivity index (χ0) is 13.8. The summed E-state index contributed by atoms with van der Waals surface area (Å²) in [5.74, 6) is 1.25. The summed E-state index contributed by atoms with van der Waals surface area (Å²) >= 11 is 8.40. The van der Waals surface area contributed by atoms with Crippen molar-refractivity contribution in [1.29, 1.82) is 0 Å². The van der Waals surface area contributed by atoms with Gasteiger partial charge in [0.05, 0.1) is 12.6 Å². The van der Waals surface area contributed by atoms with Gasteiger partial charge in [-0.15, -0.1) is 0 Å². The number of thiol groups is 2. The van der Waals surface area contributed by atoms with Crippen LogP contribution in [0.2, 0.25) is 0 Å².